The Morgan fingerprint density at radius 3 is 2.95 bits per heavy atom. The van der Waals surface area contributed by atoms with Crippen LogP contribution >= 0.6 is 11.3 Å². The molecule has 2 atom stereocenters. The molecule has 5 nitrogen and oxygen atoms in total. The molecular weight excluding hydrogens is 290 g/mol. The highest BCUT2D eigenvalue weighted by molar-refractivity contribution is 7.17. The molecule has 0 amide bonds. The number of halogens is 2. The van der Waals surface area contributed by atoms with Gasteiger partial charge >= 0.3 is 5.97 Å². The molecule has 0 N–H and O–H groups in total. The van der Waals surface area contributed by atoms with Gasteiger partial charge in [-0.25, -0.2) is 19.1 Å². The third kappa shape index (κ3) is 2.90. The normalized spacial score (nSPS) is 22.9. The smallest absolute Gasteiger partial charge is 0.379 e. The highest BCUT2D eigenvalue weighted by Crippen LogP contribution is 2.31. The topological polar surface area (TPSA) is 51.7 Å². The number of piperidine rings is 1. The molecule has 0 aliphatic carbocycles. The van der Waals surface area contributed by atoms with E-state index in [1.165, 1.54) is 0 Å². The molecule has 1 aliphatic rings. The number of rotatable bonds is 4. The Hall–Kier alpha value is -1.28. The zero-order chi connectivity index (χ0) is 14.7. The number of hydrogen-bond acceptors (Lipinski definition) is 6. The van der Waals surface area contributed by atoms with Crippen molar-refractivity contribution in [3.8, 4) is 0 Å². The molecule has 20 heavy (non-hydrogen) atoms. The van der Waals surface area contributed by atoms with Crippen molar-refractivity contribution in [2.24, 2.45) is 5.92 Å². The number of alkyl halides is 1. The molecule has 0 radical (unpaired) electrons. The monoisotopic (exact) mass is 306 g/mol. The summed E-state index contributed by atoms with van der Waals surface area (Å²) in [5.41, 5.74) is -0.0831. The lowest BCUT2D eigenvalue weighted by Crippen LogP contribution is -2.43. The SMILES string of the molecule is CO[C@H]1CN(c2nc(CF)c(C(=O)OF)s2)CC[C@H]1C. The van der Waals surface area contributed by atoms with E-state index in [0.717, 1.165) is 24.3 Å². The van der Waals surface area contributed by atoms with Gasteiger partial charge in [-0.2, -0.15) is 0 Å². The first kappa shape index (κ1) is 15.1. The van der Waals surface area contributed by atoms with E-state index in [1.54, 1.807) is 7.11 Å². The highest BCUT2D eigenvalue weighted by Gasteiger charge is 2.29. The zero-order valence-electron chi connectivity index (χ0n) is 11.3. The van der Waals surface area contributed by atoms with E-state index in [0.29, 0.717) is 17.6 Å². The molecule has 0 saturated carbocycles. The minimum atomic E-state index is -1.20. The van der Waals surface area contributed by atoms with Gasteiger partial charge in [-0.3, -0.25) is 0 Å². The summed E-state index contributed by atoms with van der Waals surface area (Å²) in [6, 6.07) is 0. The molecule has 2 rings (SSSR count). The molecule has 1 saturated heterocycles. The molecule has 112 valence electrons. The Morgan fingerprint density at radius 1 is 1.60 bits per heavy atom. The van der Waals surface area contributed by atoms with E-state index in [4.69, 9.17) is 4.74 Å². The second-order valence-corrected chi connectivity index (χ2v) is 5.73. The van der Waals surface area contributed by atoms with Crippen molar-refractivity contribution in [2.75, 3.05) is 25.1 Å². The Kier molecular flexibility index (Phi) is 4.87. The molecule has 0 aromatic carbocycles. The minimum Gasteiger partial charge on any atom is -0.379 e. The largest absolute Gasteiger partial charge is 0.391 e. The number of aromatic nitrogens is 1. The Bertz CT molecular complexity index is 483. The van der Waals surface area contributed by atoms with Crippen molar-refractivity contribution >= 4 is 22.4 Å². The molecule has 1 fully saturated rings. The summed E-state index contributed by atoms with van der Waals surface area (Å²) in [6.45, 7) is 2.52. The third-order valence-electron chi connectivity index (χ3n) is 3.53. The molecule has 1 aromatic heterocycles. The van der Waals surface area contributed by atoms with Crippen LogP contribution in [0.15, 0.2) is 0 Å². The van der Waals surface area contributed by atoms with Crippen molar-refractivity contribution in [3.05, 3.63) is 10.6 Å². The Labute approximate surface area is 119 Å². The van der Waals surface area contributed by atoms with Crippen LogP contribution in [0.2, 0.25) is 0 Å². The van der Waals surface area contributed by atoms with Crippen LogP contribution in [-0.4, -0.2) is 37.3 Å². The highest BCUT2D eigenvalue weighted by atomic mass is 32.1. The van der Waals surface area contributed by atoms with Gasteiger partial charge in [-0.1, -0.05) is 18.3 Å². The quantitative estimate of drug-likeness (QED) is 0.855. The summed E-state index contributed by atoms with van der Waals surface area (Å²) in [5.74, 6) is -0.776. The third-order valence-corrected chi connectivity index (χ3v) is 4.67. The summed E-state index contributed by atoms with van der Waals surface area (Å²) in [4.78, 5) is 20.2. The van der Waals surface area contributed by atoms with E-state index in [9.17, 15) is 13.7 Å². The second kappa shape index (κ2) is 6.45. The fourth-order valence-electron chi connectivity index (χ4n) is 2.27. The maximum atomic E-state index is 12.8. The van der Waals surface area contributed by atoms with Gasteiger partial charge in [0.15, 0.2) is 5.13 Å². The van der Waals surface area contributed by atoms with Gasteiger partial charge in [0.05, 0.1) is 11.8 Å². The standard InChI is InChI=1S/C12H16F2N2O3S/c1-7-3-4-16(6-9(7)18-2)12-15-8(5-13)10(20-12)11(17)19-14/h7,9H,3-6H2,1-2H3/t7-,9+/m1/s1. The van der Waals surface area contributed by atoms with Gasteiger partial charge in [0.1, 0.15) is 11.6 Å². The van der Waals surface area contributed by atoms with Gasteiger partial charge in [-0.15, -0.1) is 0 Å². The number of thiazole rings is 1. The first-order valence-electron chi connectivity index (χ1n) is 6.27. The van der Waals surface area contributed by atoms with E-state index < -0.39 is 12.6 Å². The van der Waals surface area contributed by atoms with Crippen LogP contribution in [0.4, 0.5) is 14.0 Å². The Balaban J connectivity index is 2.20. The van der Waals surface area contributed by atoms with Crippen molar-refractivity contribution in [1.82, 2.24) is 4.98 Å². The molecule has 2 heterocycles. The van der Waals surface area contributed by atoms with E-state index in [1.807, 2.05) is 4.90 Å². The summed E-state index contributed by atoms with van der Waals surface area (Å²) in [7, 11) is 1.64. The number of carbonyl (C=O) groups is 1. The van der Waals surface area contributed by atoms with Gasteiger partial charge in [-0.05, 0) is 12.3 Å². The molecule has 0 spiro atoms. The maximum Gasteiger partial charge on any atom is 0.391 e. The number of methoxy groups -OCH3 is 1. The van der Waals surface area contributed by atoms with Crippen molar-refractivity contribution in [2.45, 2.75) is 26.1 Å². The maximum absolute atomic E-state index is 12.8. The number of carbonyl (C=O) groups excluding carboxylic acids is 1. The van der Waals surface area contributed by atoms with Crippen LogP contribution in [0.3, 0.4) is 0 Å². The van der Waals surface area contributed by atoms with Crippen LogP contribution in [0.1, 0.15) is 28.7 Å². The fourth-order valence-corrected chi connectivity index (χ4v) is 3.24. The fraction of sp³-hybridized carbons (Fsp3) is 0.667. The number of ether oxygens (including phenoxy) is 1. The first-order chi connectivity index (χ1) is 9.60. The van der Waals surface area contributed by atoms with Crippen molar-refractivity contribution < 1.29 is 23.4 Å². The molecular formula is C12H16F2N2O3S. The number of anilines is 1. The predicted molar refractivity (Wildman–Crippen MR) is 70.2 cm³/mol. The van der Waals surface area contributed by atoms with Gasteiger partial charge in [0.2, 0.25) is 0 Å². The summed E-state index contributed by atoms with van der Waals surface area (Å²) >= 11 is 0.942. The van der Waals surface area contributed by atoms with E-state index in [-0.39, 0.29) is 16.7 Å². The first-order valence-corrected chi connectivity index (χ1v) is 7.08. The van der Waals surface area contributed by atoms with E-state index in [2.05, 4.69) is 16.8 Å². The second-order valence-electron chi connectivity index (χ2n) is 4.76. The van der Waals surface area contributed by atoms with Gasteiger partial charge in [0.25, 0.3) is 0 Å². The molecule has 0 bridgehead atoms. The van der Waals surface area contributed by atoms with Crippen LogP contribution in [-0.2, 0) is 16.4 Å². The van der Waals surface area contributed by atoms with Crippen LogP contribution < -0.4 is 4.90 Å². The number of nitrogens with zero attached hydrogens (tertiary/aromatic N) is 2. The van der Waals surface area contributed by atoms with Gasteiger partial charge in [0, 0.05) is 24.7 Å². The van der Waals surface area contributed by atoms with Crippen LogP contribution in [0, 0.1) is 5.92 Å². The molecule has 1 aromatic rings. The van der Waals surface area contributed by atoms with Gasteiger partial charge < -0.3 is 9.64 Å². The summed E-state index contributed by atoms with van der Waals surface area (Å²) in [5, 5.41) is 0.493. The predicted octanol–water partition coefficient (Wildman–Crippen LogP) is 2.52. The lowest BCUT2D eigenvalue weighted by atomic mass is 9.96. The minimum absolute atomic E-state index is 0.0538. The van der Waals surface area contributed by atoms with Crippen LogP contribution in [0.25, 0.3) is 0 Å². The van der Waals surface area contributed by atoms with Crippen LogP contribution in [0.5, 0.6) is 0 Å². The summed E-state index contributed by atoms with van der Waals surface area (Å²) < 4.78 is 30.2. The van der Waals surface area contributed by atoms with E-state index >= 15 is 0 Å². The average Bonchev–Trinajstić information content (AvgIpc) is 2.91. The zero-order valence-corrected chi connectivity index (χ0v) is 12.1. The Morgan fingerprint density at radius 2 is 2.35 bits per heavy atom. The van der Waals surface area contributed by atoms with Crippen molar-refractivity contribution in [3.63, 3.8) is 0 Å². The molecule has 8 heteroatoms. The molecule has 0 unspecified atom stereocenters. The summed E-state index contributed by atoms with van der Waals surface area (Å²) in [6.07, 6.45) is 0.962. The molecule has 1 aliphatic heterocycles. The average molecular weight is 306 g/mol. The van der Waals surface area contributed by atoms with Crippen molar-refractivity contribution in [1.29, 1.82) is 0 Å². The lowest BCUT2D eigenvalue weighted by Gasteiger charge is -2.36. The lowest BCUT2D eigenvalue weighted by molar-refractivity contribution is -0.0784. The number of hydrogen-bond donors (Lipinski definition) is 0.